The largest absolute Gasteiger partial charge is 0.466 e. The Balaban J connectivity index is 1.91. The molecule has 1 saturated carbocycles. The average molecular weight is 438 g/mol. The maximum atomic E-state index is 11.5. The van der Waals surface area contributed by atoms with Crippen molar-refractivity contribution in [3.63, 3.8) is 0 Å². The molecule has 172 valence electrons. The van der Waals surface area contributed by atoms with Gasteiger partial charge >= 0.3 is 5.97 Å². The minimum Gasteiger partial charge on any atom is -0.466 e. The molecule has 1 aromatic carbocycles. The van der Waals surface area contributed by atoms with Gasteiger partial charge in [-0.3, -0.25) is 4.98 Å². The van der Waals surface area contributed by atoms with E-state index in [1.165, 1.54) is 54.7 Å². The highest BCUT2D eigenvalue weighted by atomic mass is 16.7. The smallest absolute Gasteiger partial charge is 0.330 e. The molecule has 0 N–H and O–H groups in total. The van der Waals surface area contributed by atoms with Crippen molar-refractivity contribution >= 4 is 12.0 Å². The van der Waals surface area contributed by atoms with E-state index in [0.29, 0.717) is 5.92 Å². The van der Waals surface area contributed by atoms with E-state index in [9.17, 15) is 4.79 Å². The summed E-state index contributed by atoms with van der Waals surface area (Å²) in [5, 5.41) is 0. The fraction of sp³-hybridized carbons (Fsp3) is 0.481. The first kappa shape index (κ1) is 24.0. The lowest BCUT2D eigenvalue weighted by Gasteiger charge is -2.24. The maximum Gasteiger partial charge on any atom is 0.330 e. The second kappa shape index (κ2) is 11.3. The monoisotopic (exact) mass is 437 g/mol. The molecule has 1 heterocycles. The minimum atomic E-state index is -0.348. The van der Waals surface area contributed by atoms with Crippen LogP contribution in [0.3, 0.4) is 0 Å². The topological polar surface area (TPSA) is 57.7 Å². The Kier molecular flexibility index (Phi) is 8.46. The number of carbonyl (C=O) groups is 1. The van der Waals surface area contributed by atoms with Crippen LogP contribution in [0.1, 0.15) is 77.2 Å². The Labute approximate surface area is 191 Å². The summed E-state index contributed by atoms with van der Waals surface area (Å²) in [5.41, 5.74) is 8.04. The lowest BCUT2D eigenvalue weighted by atomic mass is 9.86. The van der Waals surface area contributed by atoms with E-state index in [4.69, 9.17) is 19.2 Å². The number of ether oxygens (including phenoxy) is 3. The Hall–Kier alpha value is -2.66. The van der Waals surface area contributed by atoms with Crippen molar-refractivity contribution in [3.8, 4) is 5.75 Å². The first-order chi connectivity index (χ1) is 15.4. The molecule has 0 unspecified atom stereocenters. The van der Waals surface area contributed by atoms with Gasteiger partial charge in [0.05, 0.1) is 12.8 Å². The van der Waals surface area contributed by atoms with Gasteiger partial charge in [-0.25, -0.2) is 4.79 Å². The van der Waals surface area contributed by atoms with Crippen LogP contribution < -0.4 is 4.74 Å². The van der Waals surface area contributed by atoms with E-state index in [0.717, 1.165) is 42.0 Å². The molecule has 1 aliphatic carbocycles. The summed E-state index contributed by atoms with van der Waals surface area (Å²) in [6.07, 6.45) is 10.2. The first-order valence-corrected chi connectivity index (χ1v) is 11.4. The highest BCUT2D eigenvalue weighted by Crippen LogP contribution is 2.37. The zero-order chi connectivity index (χ0) is 23.1. The van der Waals surface area contributed by atoms with Crippen LogP contribution >= 0.6 is 0 Å². The molecule has 1 fully saturated rings. The maximum absolute atomic E-state index is 11.5. The fourth-order valence-electron chi connectivity index (χ4n) is 4.54. The van der Waals surface area contributed by atoms with Crippen LogP contribution in [-0.4, -0.2) is 32.0 Å². The fourth-order valence-corrected chi connectivity index (χ4v) is 4.54. The Bertz CT molecular complexity index is 974. The summed E-state index contributed by atoms with van der Waals surface area (Å²) < 4.78 is 15.7. The number of esters is 1. The molecular formula is C27H35NO4. The van der Waals surface area contributed by atoms with Gasteiger partial charge in [0, 0.05) is 31.2 Å². The van der Waals surface area contributed by atoms with Crippen molar-refractivity contribution in [1.82, 2.24) is 4.98 Å². The van der Waals surface area contributed by atoms with E-state index < -0.39 is 0 Å². The van der Waals surface area contributed by atoms with Gasteiger partial charge in [-0.15, -0.1) is 0 Å². The number of aryl methyl sites for hydroxylation is 1. The summed E-state index contributed by atoms with van der Waals surface area (Å²) >= 11 is 0. The molecule has 0 radical (unpaired) electrons. The predicted octanol–water partition coefficient (Wildman–Crippen LogP) is 5.81. The van der Waals surface area contributed by atoms with E-state index in [1.807, 2.05) is 6.08 Å². The number of hydrogen-bond donors (Lipinski definition) is 0. The number of hydrogen-bond acceptors (Lipinski definition) is 5. The van der Waals surface area contributed by atoms with Crippen LogP contribution in [0.15, 0.2) is 24.3 Å². The molecule has 5 heteroatoms. The molecule has 0 atom stereocenters. The SMILES string of the molecule is COCOc1ccc(Cc2c(C)cc(C=CC(=O)OC)c(C)c2C)nc1C1CCCCC1. The number of methoxy groups -OCH3 is 2. The Morgan fingerprint density at radius 1 is 1.09 bits per heavy atom. The van der Waals surface area contributed by atoms with Crippen LogP contribution in [0, 0.1) is 20.8 Å². The number of carbonyl (C=O) groups excluding carboxylic acids is 1. The predicted molar refractivity (Wildman–Crippen MR) is 127 cm³/mol. The molecule has 2 aromatic rings. The van der Waals surface area contributed by atoms with E-state index in [2.05, 4.69) is 39.0 Å². The highest BCUT2D eigenvalue weighted by Gasteiger charge is 2.22. The highest BCUT2D eigenvalue weighted by molar-refractivity contribution is 5.87. The lowest BCUT2D eigenvalue weighted by molar-refractivity contribution is -0.134. The van der Waals surface area contributed by atoms with Crippen LogP contribution in [-0.2, 0) is 20.7 Å². The summed E-state index contributed by atoms with van der Waals surface area (Å²) in [6, 6.07) is 6.25. The third-order valence-electron chi connectivity index (χ3n) is 6.52. The molecule has 1 aromatic heterocycles. The van der Waals surface area contributed by atoms with E-state index in [-0.39, 0.29) is 12.8 Å². The van der Waals surface area contributed by atoms with Gasteiger partial charge in [0.25, 0.3) is 0 Å². The number of pyridine rings is 1. The Morgan fingerprint density at radius 2 is 1.84 bits per heavy atom. The molecule has 5 nitrogen and oxygen atoms in total. The number of aromatic nitrogens is 1. The molecule has 0 spiro atoms. The van der Waals surface area contributed by atoms with Gasteiger partial charge in [-0.1, -0.05) is 25.3 Å². The molecular weight excluding hydrogens is 402 g/mol. The second-order valence-electron chi connectivity index (χ2n) is 8.62. The second-order valence-corrected chi connectivity index (χ2v) is 8.62. The van der Waals surface area contributed by atoms with Gasteiger partial charge in [0.2, 0.25) is 0 Å². The van der Waals surface area contributed by atoms with Crippen LogP contribution in [0.25, 0.3) is 6.08 Å². The average Bonchev–Trinajstić information content (AvgIpc) is 2.82. The number of rotatable bonds is 8. The standard InChI is InChI=1S/C27H35NO4/c1-18-15-22(11-14-26(29)31-5)19(2)20(3)24(18)16-23-12-13-25(32-17-30-4)27(28-23)21-9-7-6-8-10-21/h11-15,21H,6-10,16-17H2,1-5H3. The van der Waals surface area contributed by atoms with Crippen molar-refractivity contribution in [2.75, 3.05) is 21.0 Å². The third kappa shape index (κ3) is 5.77. The minimum absolute atomic E-state index is 0.235. The van der Waals surface area contributed by atoms with Gasteiger partial charge in [-0.05, 0) is 79.6 Å². The van der Waals surface area contributed by atoms with Crippen molar-refractivity contribution in [1.29, 1.82) is 0 Å². The van der Waals surface area contributed by atoms with Crippen LogP contribution in [0.2, 0.25) is 0 Å². The van der Waals surface area contributed by atoms with Gasteiger partial charge in [0.15, 0.2) is 6.79 Å². The zero-order valence-corrected chi connectivity index (χ0v) is 20.0. The van der Waals surface area contributed by atoms with Crippen molar-refractivity contribution in [3.05, 3.63) is 63.5 Å². The molecule has 32 heavy (non-hydrogen) atoms. The van der Waals surface area contributed by atoms with Crippen molar-refractivity contribution < 1.29 is 19.0 Å². The molecule has 0 amide bonds. The summed E-state index contributed by atoms with van der Waals surface area (Å²) in [5.74, 6) is 0.944. The van der Waals surface area contributed by atoms with Gasteiger partial charge in [-0.2, -0.15) is 0 Å². The molecule has 0 bridgehead atoms. The van der Waals surface area contributed by atoms with Crippen LogP contribution in [0.5, 0.6) is 5.75 Å². The molecule has 0 saturated heterocycles. The van der Waals surface area contributed by atoms with Crippen molar-refractivity contribution in [2.24, 2.45) is 0 Å². The van der Waals surface area contributed by atoms with Crippen molar-refractivity contribution in [2.45, 2.75) is 65.2 Å². The molecule has 1 aliphatic rings. The summed E-state index contributed by atoms with van der Waals surface area (Å²) in [4.78, 5) is 16.6. The van der Waals surface area contributed by atoms with E-state index >= 15 is 0 Å². The molecule has 0 aliphatic heterocycles. The number of nitrogens with zero attached hydrogens (tertiary/aromatic N) is 1. The third-order valence-corrected chi connectivity index (χ3v) is 6.52. The lowest BCUT2D eigenvalue weighted by Crippen LogP contribution is -2.12. The van der Waals surface area contributed by atoms with Gasteiger partial charge < -0.3 is 14.2 Å². The molecule has 3 rings (SSSR count). The Morgan fingerprint density at radius 3 is 2.53 bits per heavy atom. The summed E-state index contributed by atoms with van der Waals surface area (Å²) in [7, 11) is 3.03. The van der Waals surface area contributed by atoms with Crippen LogP contribution in [0.4, 0.5) is 0 Å². The zero-order valence-electron chi connectivity index (χ0n) is 20.0. The number of benzene rings is 1. The normalized spacial score (nSPS) is 14.7. The first-order valence-electron chi connectivity index (χ1n) is 11.4. The quantitative estimate of drug-likeness (QED) is 0.296. The summed E-state index contributed by atoms with van der Waals surface area (Å²) in [6.45, 7) is 6.59. The van der Waals surface area contributed by atoms with E-state index in [1.54, 1.807) is 7.11 Å². The van der Waals surface area contributed by atoms with Gasteiger partial charge in [0.1, 0.15) is 5.75 Å².